The van der Waals surface area contributed by atoms with Gasteiger partial charge >= 0.3 is 193 Å². The number of aryl methyl sites for hydroxylation is 2. The molecule has 0 heterocycles. The molecule has 7 heteroatoms. The second-order valence-corrected chi connectivity index (χ2v) is 19.0. The Hall–Kier alpha value is -0.597. The maximum atomic E-state index is 13.6. The van der Waals surface area contributed by atoms with Gasteiger partial charge in [0.25, 0.3) is 0 Å². The van der Waals surface area contributed by atoms with Crippen LogP contribution < -0.4 is 9.47 Å². The van der Waals surface area contributed by atoms with Crippen molar-refractivity contribution in [2.75, 3.05) is 10.9 Å². The van der Waals surface area contributed by atoms with Crippen LogP contribution in [0.1, 0.15) is 37.8 Å². The van der Waals surface area contributed by atoms with Crippen molar-refractivity contribution in [2.45, 2.75) is 51.0 Å². The van der Waals surface area contributed by atoms with E-state index in [4.69, 9.17) is 9.47 Å². The van der Waals surface area contributed by atoms with Crippen LogP contribution in [0.15, 0.2) is 33.2 Å². The number of ether oxygens (including phenoxy) is 2. The fourth-order valence-corrected chi connectivity index (χ4v) is 13.3. The third-order valence-electron chi connectivity index (χ3n) is 4.99. The molecule has 0 aromatic heterocycles. The van der Waals surface area contributed by atoms with Crippen LogP contribution in [0, 0.1) is 25.5 Å². The SMILES string of the molecule is CC[CH2][Ge]([CH2]CC)([CH2]Oc1c(C)cc(F)cc1Br)[CH2]Oc1c(C)cc(F)cc1Br. The van der Waals surface area contributed by atoms with E-state index in [1.165, 1.54) is 24.3 Å². The number of hydrogen-bond acceptors (Lipinski definition) is 2. The molecule has 2 rings (SSSR count). The van der Waals surface area contributed by atoms with E-state index in [-0.39, 0.29) is 11.6 Å². The number of halogens is 4. The van der Waals surface area contributed by atoms with Gasteiger partial charge in [0.1, 0.15) is 0 Å². The monoisotopic (exact) mass is 594 g/mol. The first-order valence-electron chi connectivity index (χ1n) is 9.88. The molecule has 0 atom stereocenters. The first-order valence-corrected chi connectivity index (χ1v) is 17.4. The van der Waals surface area contributed by atoms with Crippen molar-refractivity contribution in [1.82, 2.24) is 0 Å². The van der Waals surface area contributed by atoms with Gasteiger partial charge in [-0.2, -0.15) is 0 Å². The Morgan fingerprint density at radius 1 is 0.759 bits per heavy atom. The average molecular weight is 595 g/mol. The number of rotatable bonds is 10. The van der Waals surface area contributed by atoms with Gasteiger partial charge in [0.05, 0.1) is 0 Å². The van der Waals surface area contributed by atoms with Crippen molar-refractivity contribution < 1.29 is 18.3 Å². The predicted molar refractivity (Wildman–Crippen MR) is 125 cm³/mol. The second-order valence-electron chi connectivity index (χ2n) is 7.64. The Morgan fingerprint density at radius 2 is 1.14 bits per heavy atom. The molecule has 2 aromatic rings. The fourth-order valence-electron chi connectivity index (χ4n) is 3.71. The van der Waals surface area contributed by atoms with Crippen LogP contribution in [0.3, 0.4) is 0 Å². The van der Waals surface area contributed by atoms with Crippen LogP contribution in [-0.4, -0.2) is 24.1 Å². The first-order chi connectivity index (χ1) is 13.7. The molecular weight excluding hydrogens is 567 g/mol. The van der Waals surface area contributed by atoms with E-state index in [2.05, 4.69) is 45.7 Å². The van der Waals surface area contributed by atoms with Gasteiger partial charge in [-0.1, -0.05) is 0 Å². The van der Waals surface area contributed by atoms with Gasteiger partial charge in [0.2, 0.25) is 0 Å². The number of hydrogen-bond donors (Lipinski definition) is 0. The van der Waals surface area contributed by atoms with Crippen molar-refractivity contribution >= 4 is 45.1 Å². The molecule has 0 amide bonds. The van der Waals surface area contributed by atoms with E-state index in [0.29, 0.717) is 31.3 Å². The van der Waals surface area contributed by atoms with Crippen molar-refractivity contribution in [3.8, 4) is 11.5 Å². The van der Waals surface area contributed by atoms with E-state index >= 15 is 0 Å². The molecule has 0 saturated heterocycles. The van der Waals surface area contributed by atoms with Gasteiger partial charge in [0, 0.05) is 0 Å². The van der Waals surface area contributed by atoms with Gasteiger partial charge in [-0.15, -0.1) is 0 Å². The van der Waals surface area contributed by atoms with Gasteiger partial charge in [0.15, 0.2) is 0 Å². The quantitative estimate of drug-likeness (QED) is 0.260. The number of benzene rings is 2. The Balaban J connectivity index is 2.24. The summed E-state index contributed by atoms with van der Waals surface area (Å²) >= 11 is 4.29. The van der Waals surface area contributed by atoms with Gasteiger partial charge in [-0.05, 0) is 0 Å². The predicted octanol–water partition coefficient (Wildman–Crippen LogP) is 7.91. The topological polar surface area (TPSA) is 18.5 Å². The summed E-state index contributed by atoms with van der Waals surface area (Å²) in [7, 11) is 0. The van der Waals surface area contributed by atoms with Gasteiger partial charge < -0.3 is 0 Å². The van der Waals surface area contributed by atoms with E-state index in [9.17, 15) is 8.78 Å². The molecule has 0 aliphatic rings. The van der Waals surface area contributed by atoms with Crippen LogP contribution in [0.5, 0.6) is 11.5 Å². The Morgan fingerprint density at radius 3 is 1.45 bits per heavy atom. The zero-order valence-corrected chi connectivity index (χ0v) is 22.7. The van der Waals surface area contributed by atoms with E-state index in [1.54, 1.807) is 0 Å². The van der Waals surface area contributed by atoms with Crippen LogP contribution >= 0.6 is 31.9 Å². The Kier molecular flexibility index (Phi) is 9.48. The van der Waals surface area contributed by atoms with Crippen molar-refractivity contribution in [3.63, 3.8) is 0 Å². The third kappa shape index (κ3) is 6.69. The van der Waals surface area contributed by atoms with Crippen molar-refractivity contribution in [2.24, 2.45) is 0 Å². The molecule has 0 fully saturated rings. The summed E-state index contributed by atoms with van der Waals surface area (Å²) in [4.78, 5) is 0. The zero-order valence-electron chi connectivity index (χ0n) is 17.4. The van der Waals surface area contributed by atoms with Crippen LogP contribution in [0.25, 0.3) is 0 Å². The zero-order chi connectivity index (χ0) is 21.6. The standard InChI is InChI=1S/C22H28Br2F2GeO2/c1-5-7-27(8-6-2,13-28-21-15(3)9-17(25)11-19(21)23)14-29-22-16(4)10-18(26)12-20(22)24/h9-12H,5-8,13-14H2,1-4H3. The molecule has 2 nitrogen and oxygen atoms in total. The molecule has 160 valence electrons. The van der Waals surface area contributed by atoms with Gasteiger partial charge in [-0.3, -0.25) is 0 Å². The molecular formula is C22H28Br2F2GeO2. The summed E-state index contributed by atoms with van der Waals surface area (Å²) in [6.07, 6.45) is 2.14. The maximum absolute atomic E-state index is 13.6. The van der Waals surface area contributed by atoms with Crippen LogP contribution in [-0.2, 0) is 0 Å². The van der Waals surface area contributed by atoms with Crippen molar-refractivity contribution in [3.05, 3.63) is 56.0 Å². The fraction of sp³-hybridized carbons (Fsp3) is 0.455. The molecule has 0 spiro atoms. The molecule has 29 heavy (non-hydrogen) atoms. The summed E-state index contributed by atoms with van der Waals surface area (Å²) in [5.74, 6) is 0.841. The van der Waals surface area contributed by atoms with E-state index < -0.39 is 13.3 Å². The molecule has 0 saturated carbocycles. The summed E-state index contributed by atoms with van der Waals surface area (Å²) in [5, 5.41) is 2.23. The molecule has 2 aromatic carbocycles. The minimum atomic E-state index is -2.57. The molecule has 0 unspecified atom stereocenters. The summed E-state index contributed by atoms with van der Waals surface area (Å²) < 4.78 is 41.1. The summed E-state index contributed by atoms with van der Waals surface area (Å²) in [6.45, 7) is 8.08. The molecule has 0 aliphatic heterocycles. The van der Waals surface area contributed by atoms with Gasteiger partial charge in [-0.25, -0.2) is 0 Å². The van der Waals surface area contributed by atoms with Crippen LogP contribution in [0.4, 0.5) is 8.78 Å². The molecule has 0 aliphatic carbocycles. The molecule has 0 bridgehead atoms. The molecule has 0 radical (unpaired) electrons. The summed E-state index contributed by atoms with van der Waals surface area (Å²) in [6, 6.07) is 5.85. The Labute approximate surface area is 192 Å². The normalized spacial score (nSPS) is 11.6. The minimum absolute atomic E-state index is 0.281. The molecule has 0 N–H and O–H groups in total. The van der Waals surface area contributed by atoms with E-state index in [0.717, 1.165) is 34.5 Å². The first kappa shape index (κ1) is 24.7. The average Bonchev–Trinajstić information content (AvgIpc) is 2.60. The third-order valence-corrected chi connectivity index (χ3v) is 15.9. The Bertz CT molecular complexity index is 730. The summed E-state index contributed by atoms with van der Waals surface area (Å²) in [5.41, 5.74) is 2.84. The van der Waals surface area contributed by atoms with E-state index in [1.807, 2.05) is 13.8 Å². The second kappa shape index (κ2) is 11.1. The van der Waals surface area contributed by atoms with Crippen molar-refractivity contribution in [1.29, 1.82) is 0 Å². The van der Waals surface area contributed by atoms with Crippen LogP contribution in [0.2, 0.25) is 10.5 Å².